The van der Waals surface area contributed by atoms with E-state index in [4.69, 9.17) is 9.47 Å². The molecule has 1 aromatic carbocycles. The molecule has 3 aromatic rings. The number of methoxy groups -OCH3 is 1. The Morgan fingerprint density at radius 2 is 1.97 bits per heavy atom. The van der Waals surface area contributed by atoms with Crippen LogP contribution in [0.2, 0.25) is 0 Å². The van der Waals surface area contributed by atoms with Crippen molar-refractivity contribution in [3.05, 3.63) is 41.6 Å². The number of carbonyl (C=O) groups is 2. The number of hydrogen-bond acceptors (Lipinski definition) is 6. The summed E-state index contributed by atoms with van der Waals surface area (Å²) < 4.78 is 12.6. The molecule has 168 valence electrons. The van der Waals surface area contributed by atoms with E-state index in [-0.39, 0.29) is 18.4 Å². The molecule has 1 aliphatic rings. The number of nitrogens with one attached hydrogen (secondary N) is 1. The largest absolute Gasteiger partial charge is 0.497 e. The molecule has 0 bridgehead atoms. The maximum Gasteiger partial charge on any atom is 0.261 e. The lowest BCUT2D eigenvalue weighted by atomic mass is 10.2. The van der Waals surface area contributed by atoms with Crippen molar-refractivity contribution in [2.24, 2.45) is 7.05 Å². The van der Waals surface area contributed by atoms with Crippen molar-refractivity contribution < 1.29 is 19.1 Å². The summed E-state index contributed by atoms with van der Waals surface area (Å²) in [7, 11) is 3.38. The Balaban J connectivity index is 1.42. The van der Waals surface area contributed by atoms with Gasteiger partial charge in [0.25, 0.3) is 5.91 Å². The first kappa shape index (κ1) is 21.6. The molecule has 9 heteroatoms. The number of ether oxygens (including phenoxy) is 2. The molecule has 0 radical (unpaired) electrons. The van der Waals surface area contributed by atoms with Crippen LogP contribution in [-0.2, 0) is 16.6 Å². The van der Waals surface area contributed by atoms with Gasteiger partial charge in [-0.2, -0.15) is 0 Å². The van der Waals surface area contributed by atoms with Crippen LogP contribution in [0, 0.1) is 13.8 Å². The van der Waals surface area contributed by atoms with E-state index in [0.717, 1.165) is 23.1 Å². The highest BCUT2D eigenvalue weighted by molar-refractivity contribution is 5.97. The van der Waals surface area contributed by atoms with E-state index >= 15 is 0 Å². The van der Waals surface area contributed by atoms with Crippen molar-refractivity contribution in [2.45, 2.75) is 32.7 Å². The fraction of sp³-hybridized carbons (Fsp3) is 0.391. The first-order valence-electron chi connectivity index (χ1n) is 10.6. The number of hydrogen-bond donors (Lipinski definition) is 1. The van der Waals surface area contributed by atoms with Crippen LogP contribution in [0.25, 0.3) is 11.0 Å². The highest BCUT2D eigenvalue weighted by atomic mass is 16.5. The summed E-state index contributed by atoms with van der Waals surface area (Å²) in [5.41, 5.74) is 3.25. The molecule has 4 rings (SSSR count). The number of aryl methyl sites for hydroxylation is 3. The Bertz CT molecular complexity index is 1160. The van der Waals surface area contributed by atoms with Crippen LogP contribution in [0.5, 0.6) is 11.6 Å². The highest BCUT2D eigenvalue weighted by Crippen LogP contribution is 2.27. The zero-order chi connectivity index (χ0) is 22.8. The van der Waals surface area contributed by atoms with Crippen LogP contribution >= 0.6 is 0 Å². The second-order valence-electron chi connectivity index (χ2n) is 7.96. The molecule has 1 atom stereocenters. The third-order valence-electron chi connectivity index (χ3n) is 5.65. The average Bonchev–Trinajstić information content (AvgIpc) is 3.38. The molecular weight excluding hydrogens is 410 g/mol. The van der Waals surface area contributed by atoms with E-state index < -0.39 is 6.04 Å². The van der Waals surface area contributed by atoms with Gasteiger partial charge in [-0.05, 0) is 62.6 Å². The van der Waals surface area contributed by atoms with Gasteiger partial charge in [0, 0.05) is 25.0 Å². The number of rotatable bonds is 6. The summed E-state index contributed by atoms with van der Waals surface area (Å²) in [6.07, 6.45) is 1.38. The van der Waals surface area contributed by atoms with Crippen LogP contribution in [-0.4, -0.2) is 57.8 Å². The molecule has 0 aliphatic carbocycles. The number of benzene rings is 1. The Morgan fingerprint density at radius 3 is 2.69 bits per heavy atom. The Morgan fingerprint density at radius 1 is 1.22 bits per heavy atom. The summed E-state index contributed by atoms with van der Waals surface area (Å²) in [6.45, 7) is 4.22. The molecule has 1 N–H and O–H groups in total. The fourth-order valence-electron chi connectivity index (χ4n) is 4.10. The van der Waals surface area contributed by atoms with Crippen molar-refractivity contribution in [3.8, 4) is 11.6 Å². The minimum absolute atomic E-state index is 0.189. The summed E-state index contributed by atoms with van der Waals surface area (Å²) in [5.74, 6) is 0.633. The van der Waals surface area contributed by atoms with Gasteiger partial charge in [-0.1, -0.05) is 0 Å². The van der Waals surface area contributed by atoms with Gasteiger partial charge in [-0.15, -0.1) is 5.10 Å². The third kappa shape index (κ3) is 4.23. The quantitative estimate of drug-likeness (QED) is 0.637. The van der Waals surface area contributed by atoms with Crippen LogP contribution < -0.4 is 14.8 Å². The van der Waals surface area contributed by atoms with Crippen molar-refractivity contribution in [1.29, 1.82) is 0 Å². The van der Waals surface area contributed by atoms with Crippen molar-refractivity contribution in [3.63, 3.8) is 0 Å². The SMILES string of the molecule is COc1ccc(NC(=O)C2CCCN2C(=O)COc2nn(C)c3nc(C)cc(C)c23)cc1. The Kier molecular flexibility index (Phi) is 5.98. The van der Waals surface area contributed by atoms with Gasteiger partial charge in [0.2, 0.25) is 11.8 Å². The molecule has 1 saturated heterocycles. The summed E-state index contributed by atoms with van der Waals surface area (Å²) in [6, 6.07) is 8.52. The molecule has 1 fully saturated rings. The van der Waals surface area contributed by atoms with Crippen LogP contribution in [0.4, 0.5) is 5.69 Å². The fourth-order valence-corrected chi connectivity index (χ4v) is 4.10. The third-order valence-corrected chi connectivity index (χ3v) is 5.65. The second kappa shape index (κ2) is 8.86. The molecule has 1 unspecified atom stereocenters. The van der Waals surface area contributed by atoms with Gasteiger partial charge >= 0.3 is 0 Å². The first-order chi connectivity index (χ1) is 15.4. The second-order valence-corrected chi connectivity index (χ2v) is 7.96. The molecule has 1 aliphatic heterocycles. The standard InChI is InChI=1S/C23H27N5O4/c1-14-12-15(2)24-21-20(14)23(26-27(21)3)32-13-19(29)28-11-5-6-18(28)22(30)25-16-7-9-17(31-4)10-8-16/h7-10,12,18H,5-6,11,13H2,1-4H3,(H,25,30). The Hall–Kier alpha value is -3.62. The Labute approximate surface area is 186 Å². The number of fused-ring (bicyclic) bond motifs is 1. The lowest BCUT2D eigenvalue weighted by molar-refractivity contribution is -0.138. The molecule has 0 spiro atoms. The van der Waals surface area contributed by atoms with E-state index in [1.54, 1.807) is 48.0 Å². The summed E-state index contributed by atoms with van der Waals surface area (Å²) in [4.78, 5) is 31.8. The normalized spacial score (nSPS) is 15.8. The van der Waals surface area contributed by atoms with Gasteiger partial charge in [0.15, 0.2) is 12.3 Å². The van der Waals surface area contributed by atoms with Crippen molar-refractivity contribution >= 4 is 28.5 Å². The number of carbonyl (C=O) groups excluding carboxylic acids is 2. The first-order valence-corrected chi connectivity index (χ1v) is 10.6. The van der Waals surface area contributed by atoms with Crippen molar-refractivity contribution in [2.75, 3.05) is 25.6 Å². The van der Waals surface area contributed by atoms with Crippen LogP contribution in [0.15, 0.2) is 30.3 Å². The zero-order valence-electron chi connectivity index (χ0n) is 18.7. The number of aromatic nitrogens is 3. The van der Waals surface area contributed by atoms with Crippen molar-refractivity contribution in [1.82, 2.24) is 19.7 Å². The molecule has 32 heavy (non-hydrogen) atoms. The molecule has 2 amide bonds. The molecular formula is C23H27N5O4. The summed E-state index contributed by atoms with van der Waals surface area (Å²) >= 11 is 0. The number of likely N-dealkylation sites (tertiary alicyclic amines) is 1. The van der Waals surface area contributed by atoms with Crippen LogP contribution in [0.1, 0.15) is 24.1 Å². The smallest absolute Gasteiger partial charge is 0.261 e. The van der Waals surface area contributed by atoms with Gasteiger partial charge in [0.1, 0.15) is 11.8 Å². The van der Waals surface area contributed by atoms with E-state index in [1.807, 2.05) is 19.9 Å². The van der Waals surface area contributed by atoms with Gasteiger partial charge in [-0.3, -0.25) is 9.59 Å². The zero-order valence-corrected chi connectivity index (χ0v) is 18.7. The predicted molar refractivity (Wildman–Crippen MR) is 120 cm³/mol. The molecule has 2 aromatic heterocycles. The maximum atomic E-state index is 12.9. The van der Waals surface area contributed by atoms with Gasteiger partial charge in [-0.25, -0.2) is 9.67 Å². The van der Waals surface area contributed by atoms with E-state index in [2.05, 4.69) is 15.4 Å². The van der Waals surface area contributed by atoms with E-state index in [9.17, 15) is 9.59 Å². The van der Waals surface area contributed by atoms with E-state index in [0.29, 0.717) is 35.9 Å². The number of amides is 2. The minimum Gasteiger partial charge on any atom is -0.497 e. The molecule has 0 saturated carbocycles. The minimum atomic E-state index is -0.528. The number of anilines is 1. The number of pyridine rings is 1. The molecule has 3 heterocycles. The monoisotopic (exact) mass is 437 g/mol. The summed E-state index contributed by atoms with van der Waals surface area (Å²) in [5, 5.41) is 8.06. The maximum absolute atomic E-state index is 12.9. The van der Waals surface area contributed by atoms with E-state index in [1.165, 1.54) is 0 Å². The lowest BCUT2D eigenvalue weighted by Gasteiger charge is -2.24. The van der Waals surface area contributed by atoms with Gasteiger partial charge in [0.05, 0.1) is 12.5 Å². The topological polar surface area (TPSA) is 98.6 Å². The van der Waals surface area contributed by atoms with Crippen LogP contribution in [0.3, 0.4) is 0 Å². The predicted octanol–water partition coefficient (Wildman–Crippen LogP) is 2.60. The van der Waals surface area contributed by atoms with Gasteiger partial charge < -0.3 is 19.7 Å². The lowest BCUT2D eigenvalue weighted by Crippen LogP contribution is -2.45. The molecule has 9 nitrogen and oxygen atoms in total. The number of nitrogens with zero attached hydrogens (tertiary/aromatic N) is 4. The average molecular weight is 438 g/mol. The highest BCUT2D eigenvalue weighted by Gasteiger charge is 2.34.